The molecule has 0 bridgehead atoms. The number of aromatic nitrogens is 3. The van der Waals surface area contributed by atoms with Gasteiger partial charge in [-0.05, 0) is 74.9 Å². The largest absolute Gasteiger partial charge is 0.493 e. The standard InChI is InChI=1S/C28H34N4O3/c1-18-27(19(2)35-31-18)21-14-15-32-26(17-21)30-23(28(32)29-22-8-6-5-7-9-22)12-10-20-11-13-24(33-3)25(16-20)34-4/h11,13-17,22,29H,5-10,12H2,1-4H3. The van der Waals surface area contributed by atoms with Gasteiger partial charge in [-0.25, -0.2) is 4.98 Å². The minimum Gasteiger partial charge on any atom is -0.493 e. The Morgan fingerprint density at radius 1 is 1.00 bits per heavy atom. The van der Waals surface area contributed by atoms with Crippen LogP contribution in [0.5, 0.6) is 11.5 Å². The fourth-order valence-corrected chi connectivity index (χ4v) is 5.21. The number of aryl methyl sites for hydroxylation is 4. The minimum atomic E-state index is 0.491. The molecule has 0 unspecified atom stereocenters. The molecule has 0 radical (unpaired) electrons. The Morgan fingerprint density at radius 3 is 2.51 bits per heavy atom. The molecule has 0 aliphatic heterocycles. The number of methoxy groups -OCH3 is 2. The van der Waals surface area contributed by atoms with Crippen LogP contribution in [-0.4, -0.2) is 34.8 Å². The molecule has 1 fully saturated rings. The first-order chi connectivity index (χ1) is 17.1. The Morgan fingerprint density at radius 2 is 1.80 bits per heavy atom. The van der Waals surface area contributed by atoms with E-state index in [0.29, 0.717) is 6.04 Å². The van der Waals surface area contributed by atoms with Crippen molar-refractivity contribution in [3.05, 3.63) is 59.2 Å². The number of pyridine rings is 1. The second kappa shape index (κ2) is 10.0. The van der Waals surface area contributed by atoms with E-state index in [1.807, 2.05) is 19.9 Å². The van der Waals surface area contributed by atoms with E-state index in [0.717, 1.165) is 64.1 Å². The van der Waals surface area contributed by atoms with E-state index in [9.17, 15) is 0 Å². The van der Waals surface area contributed by atoms with Gasteiger partial charge in [-0.3, -0.25) is 4.40 Å². The maximum atomic E-state index is 5.50. The molecular formula is C28H34N4O3. The van der Waals surface area contributed by atoms with Crippen molar-refractivity contribution in [1.29, 1.82) is 0 Å². The van der Waals surface area contributed by atoms with Gasteiger partial charge in [0.05, 0.1) is 25.6 Å². The number of hydrogen-bond donors (Lipinski definition) is 1. The van der Waals surface area contributed by atoms with Crippen LogP contribution >= 0.6 is 0 Å². The average molecular weight is 475 g/mol. The molecular weight excluding hydrogens is 440 g/mol. The third-order valence-corrected chi connectivity index (χ3v) is 7.06. The summed E-state index contributed by atoms with van der Waals surface area (Å²) in [5.74, 6) is 3.44. The van der Waals surface area contributed by atoms with Gasteiger partial charge >= 0.3 is 0 Å². The summed E-state index contributed by atoms with van der Waals surface area (Å²) in [6.45, 7) is 3.93. The summed E-state index contributed by atoms with van der Waals surface area (Å²) in [6, 6.07) is 10.9. The molecule has 1 aliphatic rings. The van der Waals surface area contributed by atoms with E-state index in [1.54, 1.807) is 14.2 Å². The second-order valence-electron chi connectivity index (χ2n) is 9.42. The zero-order chi connectivity index (χ0) is 24.4. The maximum absolute atomic E-state index is 5.50. The molecule has 3 aromatic heterocycles. The van der Waals surface area contributed by atoms with Crippen LogP contribution in [0.25, 0.3) is 16.8 Å². The molecule has 7 nitrogen and oxygen atoms in total. The number of nitrogens with one attached hydrogen (secondary N) is 1. The number of ether oxygens (including phenoxy) is 2. The van der Waals surface area contributed by atoms with Crippen LogP contribution in [0, 0.1) is 13.8 Å². The number of fused-ring (bicyclic) bond motifs is 1. The third kappa shape index (κ3) is 4.72. The van der Waals surface area contributed by atoms with Crippen molar-refractivity contribution in [1.82, 2.24) is 14.5 Å². The zero-order valence-electron chi connectivity index (χ0n) is 21.1. The fourth-order valence-electron chi connectivity index (χ4n) is 5.21. The van der Waals surface area contributed by atoms with Crippen molar-refractivity contribution in [3.8, 4) is 22.6 Å². The molecule has 1 aliphatic carbocycles. The fraction of sp³-hybridized carbons (Fsp3) is 0.429. The minimum absolute atomic E-state index is 0.491. The molecule has 1 saturated carbocycles. The normalized spacial score (nSPS) is 14.4. The second-order valence-corrected chi connectivity index (χ2v) is 9.42. The van der Waals surface area contributed by atoms with Crippen LogP contribution in [0.2, 0.25) is 0 Å². The van der Waals surface area contributed by atoms with Gasteiger partial charge < -0.3 is 19.3 Å². The number of benzene rings is 1. The van der Waals surface area contributed by atoms with Gasteiger partial charge in [0.15, 0.2) is 11.5 Å². The number of anilines is 1. The summed E-state index contributed by atoms with van der Waals surface area (Å²) in [4.78, 5) is 5.09. The van der Waals surface area contributed by atoms with Crippen molar-refractivity contribution >= 4 is 11.5 Å². The van der Waals surface area contributed by atoms with E-state index < -0.39 is 0 Å². The number of hydrogen-bond acceptors (Lipinski definition) is 6. The lowest BCUT2D eigenvalue weighted by molar-refractivity contribution is 0.354. The molecule has 0 atom stereocenters. The first-order valence-corrected chi connectivity index (χ1v) is 12.5. The molecule has 1 N–H and O–H groups in total. The lowest BCUT2D eigenvalue weighted by Crippen LogP contribution is -2.23. The van der Waals surface area contributed by atoms with E-state index in [4.69, 9.17) is 19.0 Å². The van der Waals surface area contributed by atoms with Gasteiger partial charge in [0.2, 0.25) is 0 Å². The Balaban J connectivity index is 1.48. The van der Waals surface area contributed by atoms with Crippen molar-refractivity contribution in [2.75, 3.05) is 19.5 Å². The van der Waals surface area contributed by atoms with Crippen LogP contribution < -0.4 is 14.8 Å². The van der Waals surface area contributed by atoms with Gasteiger partial charge in [0.1, 0.15) is 17.2 Å². The molecule has 184 valence electrons. The van der Waals surface area contributed by atoms with Crippen LogP contribution in [-0.2, 0) is 12.8 Å². The molecule has 35 heavy (non-hydrogen) atoms. The lowest BCUT2D eigenvalue weighted by Gasteiger charge is -2.24. The average Bonchev–Trinajstić information content (AvgIpc) is 3.41. The molecule has 1 aromatic carbocycles. The van der Waals surface area contributed by atoms with Gasteiger partial charge in [-0.15, -0.1) is 0 Å². The SMILES string of the molecule is COc1ccc(CCc2nc3cc(-c4c(C)noc4C)ccn3c2NC2CCCCC2)cc1OC. The smallest absolute Gasteiger partial charge is 0.160 e. The van der Waals surface area contributed by atoms with Crippen molar-refractivity contribution in [2.45, 2.75) is 64.8 Å². The summed E-state index contributed by atoms with van der Waals surface area (Å²) in [5, 5.41) is 7.98. The Bertz CT molecular complexity index is 1300. The Hall–Kier alpha value is -3.48. The zero-order valence-corrected chi connectivity index (χ0v) is 21.1. The van der Waals surface area contributed by atoms with E-state index in [-0.39, 0.29) is 0 Å². The summed E-state index contributed by atoms with van der Waals surface area (Å²) < 4.78 is 18.5. The first-order valence-electron chi connectivity index (χ1n) is 12.5. The summed E-state index contributed by atoms with van der Waals surface area (Å²) in [5.41, 5.74) is 6.23. The van der Waals surface area contributed by atoms with Crippen molar-refractivity contribution in [2.24, 2.45) is 0 Å². The van der Waals surface area contributed by atoms with Gasteiger partial charge in [-0.2, -0.15) is 0 Å². The number of nitrogens with zero attached hydrogens (tertiary/aromatic N) is 3. The van der Waals surface area contributed by atoms with E-state index >= 15 is 0 Å². The predicted molar refractivity (Wildman–Crippen MR) is 138 cm³/mol. The highest BCUT2D eigenvalue weighted by atomic mass is 16.5. The van der Waals surface area contributed by atoms with Crippen molar-refractivity contribution in [3.63, 3.8) is 0 Å². The molecule has 5 rings (SSSR count). The molecule has 3 heterocycles. The molecule has 4 aromatic rings. The van der Waals surface area contributed by atoms with Gasteiger partial charge in [0, 0.05) is 17.8 Å². The predicted octanol–water partition coefficient (Wildman–Crippen LogP) is 6.15. The highest BCUT2D eigenvalue weighted by molar-refractivity contribution is 5.72. The quantitative estimate of drug-likeness (QED) is 0.330. The summed E-state index contributed by atoms with van der Waals surface area (Å²) >= 11 is 0. The van der Waals surface area contributed by atoms with E-state index in [2.05, 4.69) is 45.3 Å². The first kappa shape index (κ1) is 23.3. The monoisotopic (exact) mass is 474 g/mol. The highest BCUT2D eigenvalue weighted by Crippen LogP contribution is 2.32. The highest BCUT2D eigenvalue weighted by Gasteiger charge is 2.20. The van der Waals surface area contributed by atoms with E-state index in [1.165, 1.54) is 37.7 Å². The van der Waals surface area contributed by atoms with Crippen LogP contribution in [0.15, 0.2) is 41.1 Å². The Labute approximate surface area is 206 Å². The molecule has 0 saturated heterocycles. The molecule has 7 heteroatoms. The molecule has 0 amide bonds. The maximum Gasteiger partial charge on any atom is 0.160 e. The summed E-state index contributed by atoms with van der Waals surface area (Å²) in [6.07, 6.45) is 10.1. The van der Waals surface area contributed by atoms with Crippen LogP contribution in [0.4, 0.5) is 5.82 Å². The number of rotatable bonds is 8. The van der Waals surface area contributed by atoms with Crippen molar-refractivity contribution < 1.29 is 14.0 Å². The van der Waals surface area contributed by atoms with Crippen LogP contribution in [0.1, 0.15) is 54.8 Å². The Kier molecular flexibility index (Phi) is 6.66. The van der Waals surface area contributed by atoms with Gasteiger partial charge in [-0.1, -0.05) is 30.5 Å². The third-order valence-electron chi connectivity index (χ3n) is 7.06. The van der Waals surface area contributed by atoms with Gasteiger partial charge in [0.25, 0.3) is 0 Å². The summed E-state index contributed by atoms with van der Waals surface area (Å²) in [7, 11) is 3.33. The van der Waals surface area contributed by atoms with Crippen LogP contribution in [0.3, 0.4) is 0 Å². The number of imidazole rings is 1. The lowest BCUT2D eigenvalue weighted by atomic mass is 9.95. The molecule has 0 spiro atoms. The topological polar surface area (TPSA) is 73.8 Å².